The molecule has 0 saturated heterocycles. The topological polar surface area (TPSA) is 91.7 Å². The molecule has 0 atom stereocenters. The smallest absolute Gasteiger partial charge is 0.255 e. The van der Waals surface area contributed by atoms with Crippen molar-refractivity contribution in [1.29, 1.82) is 0 Å². The number of halogens is 2. The molecule has 3 aromatic rings. The molecular formula is C21H18Cl2N4O3S. The second-order valence-corrected chi connectivity index (χ2v) is 9.22. The van der Waals surface area contributed by atoms with Gasteiger partial charge in [0.1, 0.15) is 0 Å². The van der Waals surface area contributed by atoms with Gasteiger partial charge in [-0.2, -0.15) is 9.41 Å². The van der Waals surface area contributed by atoms with E-state index in [-0.39, 0.29) is 11.4 Å². The molecule has 0 aliphatic carbocycles. The first-order valence-corrected chi connectivity index (χ1v) is 11.3. The summed E-state index contributed by atoms with van der Waals surface area (Å²) in [4.78, 5) is 16.5. The molecule has 160 valence electrons. The van der Waals surface area contributed by atoms with Crippen LogP contribution in [0.2, 0.25) is 10.0 Å². The molecule has 0 saturated carbocycles. The highest BCUT2D eigenvalue weighted by Crippen LogP contribution is 2.21. The summed E-state index contributed by atoms with van der Waals surface area (Å²) >= 11 is 11.9. The summed E-state index contributed by atoms with van der Waals surface area (Å²) in [6.07, 6.45) is 2.96. The summed E-state index contributed by atoms with van der Waals surface area (Å²) in [5.41, 5.74) is 3.51. The number of carbonyl (C=O) groups excluding carboxylic acids is 1. The molecule has 0 unspecified atom stereocenters. The van der Waals surface area contributed by atoms with Crippen molar-refractivity contribution in [3.05, 3.63) is 94.2 Å². The standard InChI is InChI=1S/C21H18Cl2N4O3S/c22-17-7-9-20(10-8-17)31(29,30)27(14-16-4-3-5-18(23)12-16)15-21(28)26-25-13-19-6-1-2-11-24-19/h1-13H,14-15H2,(H,26,28)/b25-13-. The molecule has 0 aliphatic rings. The Balaban J connectivity index is 1.80. The molecule has 0 aliphatic heterocycles. The van der Waals surface area contributed by atoms with Crippen molar-refractivity contribution in [2.24, 2.45) is 5.10 Å². The molecular weight excluding hydrogens is 459 g/mol. The van der Waals surface area contributed by atoms with E-state index in [0.29, 0.717) is 21.3 Å². The van der Waals surface area contributed by atoms with Crippen LogP contribution in [0.1, 0.15) is 11.3 Å². The second-order valence-electron chi connectivity index (χ2n) is 6.40. The Hall–Kier alpha value is -2.78. The predicted molar refractivity (Wildman–Crippen MR) is 120 cm³/mol. The molecule has 1 aromatic heterocycles. The second kappa shape index (κ2) is 10.5. The van der Waals surface area contributed by atoms with Gasteiger partial charge < -0.3 is 0 Å². The minimum Gasteiger partial charge on any atom is -0.272 e. The SMILES string of the molecule is O=C(CN(Cc1cccc(Cl)c1)S(=O)(=O)c1ccc(Cl)cc1)N/N=C\c1ccccn1. The van der Waals surface area contributed by atoms with Crippen molar-refractivity contribution >= 4 is 45.3 Å². The zero-order valence-corrected chi connectivity index (χ0v) is 18.5. The molecule has 7 nitrogen and oxygen atoms in total. The largest absolute Gasteiger partial charge is 0.272 e. The molecule has 1 N–H and O–H groups in total. The summed E-state index contributed by atoms with van der Waals surface area (Å²) < 4.78 is 27.4. The van der Waals surface area contributed by atoms with E-state index in [0.717, 1.165) is 4.31 Å². The van der Waals surface area contributed by atoms with Gasteiger partial charge in [0.2, 0.25) is 10.0 Å². The predicted octanol–water partition coefficient (Wildman–Crippen LogP) is 3.73. The first kappa shape index (κ1) is 22.9. The number of sulfonamides is 1. The van der Waals surface area contributed by atoms with Crippen LogP contribution in [0.25, 0.3) is 0 Å². The van der Waals surface area contributed by atoms with E-state index in [1.165, 1.54) is 30.5 Å². The zero-order valence-electron chi connectivity index (χ0n) is 16.2. The maximum atomic E-state index is 13.2. The van der Waals surface area contributed by atoms with Crippen LogP contribution in [0.4, 0.5) is 0 Å². The highest BCUT2D eigenvalue weighted by molar-refractivity contribution is 7.89. The van der Waals surface area contributed by atoms with Gasteiger partial charge in [0.25, 0.3) is 5.91 Å². The molecule has 3 rings (SSSR count). The number of hydrazone groups is 1. The number of nitrogens with zero attached hydrogens (tertiary/aromatic N) is 3. The number of hydrogen-bond donors (Lipinski definition) is 1. The quantitative estimate of drug-likeness (QED) is 0.396. The van der Waals surface area contributed by atoms with Crippen LogP contribution >= 0.6 is 23.2 Å². The van der Waals surface area contributed by atoms with Crippen LogP contribution in [-0.4, -0.2) is 36.4 Å². The third-order valence-corrected chi connectivity index (χ3v) is 6.39. The van der Waals surface area contributed by atoms with Gasteiger partial charge in [-0.15, -0.1) is 0 Å². The summed E-state index contributed by atoms with van der Waals surface area (Å²) in [6.45, 7) is -0.500. The van der Waals surface area contributed by atoms with Crippen LogP contribution in [0.3, 0.4) is 0 Å². The van der Waals surface area contributed by atoms with Crippen LogP contribution < -0.4 is 5.43 Å². The maximum absolute atomic E-state index is 13.2. The molecule has 1 heterocycles. The van der Waals surface area contributed by atoms with Crippen LogP contribution in [-0.2, 0) is 21.4 Å². The molecule has 0 spiro atoms. The number of benzene rings is 2. The Kier molecular flexibility index (Phi) is 7.75. The number of carbonyl (C=O) groups is 1. The van der Waals surface area contributed by atoms with Crippen molar-refractivity contribution in [2.45, 2.75) is 11.4 Å². The molecule has 2 aromatic carbocycles. The van der Waals surface area contributed by atoms with Crippen molar-refractivity contribution in [1.82, 2.24) is 14.7 Å². The van der Waals surface area contributed by atoms with Gasteiger partial charge in [-0.3, -0.25) is 9.78 Å². The Morgan fingerprint density at radius 2 is 1.81 bits per heavy atom. The van der Waals surface area contributed by atoms with Gasteiger partial charge in [0.05, 0.1) is 23.3 Å². The average Bonchev–Trinajstić information content (AvgIpc) is 2.74. The van der Waals surface area contributed by atoms with E-state index in [1.54, 1.807) is 48.7 Å². The summed E-state index contributed by atoms with van der Waals surface area (Å²) in [5, 5.41) is 4.70. The zero-order chi connectivity index (χ0) is 22.3. The Labute approximate surface area is 190 Å². The fourth-order valence-electron chi connectivity index (χ4n) is 2.64. The van der Waals surface area contributed by atoms with Gasteiger partial charge in [0.15, 0.2) is 0 Å². The third-order valence-electron chi connectivity index (χ3n) is 4.09. The molecule has 10 heteroatoms. The lowest BCUT2D eigenvalue weighted by Gasteiger charge is -2.21. The maximum Gasteiger partial charge on any atom is 0.255 e. The monoisotopic (exact) mass is 476 g/mol. The van der Waals surface area contributed by atoms with E-state index in [9.17, 15) is 13.2 Å². The van der Waals surface area contributed by atoms with Crippen molar-refractivity contribution in [3.8, 4) is 0 Å². The molecule has 0 fully saturated rings. The van der Waals surface area contributed by atoms with Crippen molar-refractivity contribution in [3.63, 3.8) is 0 Å². The van der Waals surface area contributed by atoms with Crippen molar-refractivity contribution < 1.29 is 13.2 Å². The number of hydrogen-bond acceptors (Lipinski definition) is 5. The lowest BCUT2D eigenvalue weighted by Crippen LogP contribution is -2.39. The summed E-state index contributed by atoms with van der Waals surface area (Å²) in [5.74, 6) is -0.605. The molecule has 0 bridgehead atoms. The van der Waals surface area contributed by atoms with E-state index in [1.807, 2.05) is 0 Å². The Morgan fingerprint density at radius 3 is 2.48 bits per heavy atom. The number of rotatable bonds is 8. The van der Waals surface area contributed by atoms with Gasteiger partial charge in [-0.05, 0) is 54.1 Å². The van der Waals surface area contributed by atoms with E-state index in [4.69, 9.17) is 23.2 Å². The molecule has 1 amide bonds. The van der Waals surface area contributed by atoms with Gasteiger partial charge in [0, 0.05) is 22.8 Å². The van der Waals surface area contributed by atoms with E-state index < -0.39 is 22.5 Å². The fourth-order valence-corrected chi connectivity index (χ4v) is 4.36. The van der Waals surface area contributed by atoms with Crippen LogP contribution in [0.5, 0.6) is 0 Å². The highest BCUT2D eigenvalue weighted by atomic mass is 35.5. The van der Waals surface area contributed by atoms with E-state index >= 15 is 0 Å². The first-order chi connectivity index (χ1) is 14.8. The lowest BCUT2D eigenvalue weighted by atomic mass is 10.2. The highest BCUT2D eigenvalue weighted by Gasteiger charge is 2.27. The minimum atomic E-state index is -3.99. The lowest BCUT2D eigenvalue weighted by molar-refractivity contribution is -0.121. The first-order valence-electron chi connectivity index (χ1n) is 9.08. The van der Waals surface area contributed by atoms with E-state index in [2.05, 4.69) is 15.5 Å². The minimum absolute atomic E-state index is 0.0173. The Bertz CT molecular complexity index is 1170. The fraction of sp³-hybridized carbons (Fsp3) is 0.0952. The van der Waals surface area contributed by atoms with Crippen LogP contribution in [0, 0.1) is 0 Å². The average molecular weight is 477 g/mol. The van der Waals surface area contributed by atoms with Gasteiger partial charge in [-0.1, -0.05) is 41.4 Å². The van der Waals surface area contributed by atoms with Crippen LogP contribution in [0.15, 0.2) is 82.9 Å². The number of amides is 1. The Morgan fingerprint density at radius 1 is 1.03 bits per heavy atom. The molecule has 0 radical (unpaired) electrons. The third kappa shape index (κ3) is 6.60. The van der Waals surface area contributed by atoms with Crippen molar-refractivity contribution in [2.75, 3.05) is 6.54 Å². The normalized spacial score (nSPS) is 11.7. The summed E-state index contributed by atoms with van der Waals surface area (Å²) in [6, 6.07) is 17.7. The summed E-state index contributed by atoms with van der Waals surface area (Å²) in [7, 11) is -3.99. The number of aromatic nitrogens is 1. The van der Waals surface area contributed by atoms with Gasteiger partial charge in [-0.25, -0.2) is 13.8 Å². The number of pyridine rings is 1. The number of nitrogens with one attached hydrogen (secondary N) is 1. The molecule has 31 heavy (non-hydrogen) atoms. The van der Waals surface area contributed by atoms with Gasteiger partial charge >= 0.3 is 0 Å².